The second kappa shape index (κ2) is 29.9. The number of rotatable bonds is 27. The van der Waals surface area contributed by atoms with Gasteiger partial charge in [-0.15, -0.1) is 11.3 Å². The molecule has 6 atom stereocenters. The molecule has 1 fully saturated rings. The maximum absolute atomic E-state index is 14.0. The highest BCUT2D eigenvalue weighted by atomic mass is 33.1. The van der Waals surface area contributed by atoms with Crippen LogP contribution in [0.25, 0.3) is 0 Å². The predicted molar refractivity (Wildman–Crippen MR) is 267 cm³/mol. The Morgan fingerprint density at radius 3 is 2.41 bits per heavy atom. The average Bonchev–Trinajstić information content (AvgIpc) is 3.82. The molecule has 1 unspecified atom stereocenters. The molecule has 0 radical (unpaired) electrons. The second-order valence-electron chi connectivity index (χ2n) is 17.5. The molecule has 0 spiro atoms. The third kappa shape index (κ3) is 20.1. The number of carbonyl (C=O) groups excluding carboxylic acids is 6. The Kier molecular flexibility index (Phi) is 24.6. The van der Waals surface area contributed by atoms with Crippen LogP contribution < -0.4 is 21.5 Å². The monoisotopic (exact) mass is 1010 g/mol. The fraction of sp³-hybridized carbons (Fsp3) is 0.583. The van der Waals surface area contributed by atoms with Crippen LogP contribution in [0.1, 0.15) is 120 Å². The Bertz CT molecular complexity index is 2080. The summed E-state index contributed by atoms with van der Waals surface area (Å²) in [6.45, 7) is 12.2. The Morgan fingerprint density at radius 1 is 0.971 bits per heavy atom. The number of phenolic OH excluding ortho intramolecular Hbond substituents is 1. The van der Waals surface area contributed by atoms with Crippen molar-refractivity contribution in [3.05, 3.63) is 70.3 Å². The van der Waals surface area contributed by atoms with Crippen molar-refractivity contribution in [1.82, 2.24) is 41.3 Å². The van der Waals surface area contributed by atoms with Gasteiger partial charge in [0.15, 0.2) is 6.10 Å². The molecular formula is C48H70N8O10S3. The molecule has 1 aliphatic heterocycles. The van der Waals surface area contributed by atoms with E-state index >= 15 is 0 Å². The summed E-state index contributed by atoms with van der Waals surface area (Å²) in [4.78, 5) is 91.4. The van der Waals surface area contributed by atoms with E-state index in [1.807, 2.05) is 57.8 Å². The van der Waals surface area contributed by atoms with Gasteiger partial charge in [-0.3, -0.25) is 39.2 Å². The average molecular weight is 1020 g/mol. The minimum atomic E-state index is -0.874. The number of hydrogen-bond donors (Lipinski definition) is 5. The summed E-state index contributed by atoms with van der Waals surface area (Å²) in [5, 5.41) is 19.0. The molecule has 3 heterocycles. The second-order valence-corrected chi connectivity index (χ2v) is 20.8. The highest BCUT2D eigenvalue weighted by Gasteiger charge is 2.34. The summed E-state index contributed by atoms with van der Waals surface area (Å²) in [5.41, 5.74) is 5.54. The van der Waals surface area contributed by atoms with Gasteiger partial charge in [0.1, 0.15) is 34.8 Å². The Labute approximate surface area is 417 Å². The predicted octanol–water partition coefficient (Wildman–Crippen LogP) is 6.81. The number of benzene rings is 1. The molecule has 0 bridgehead atoms. The minimum absolute atomic E-state index is 0.0323. The van der Waals surface area contributed by atoms with Crippen LogP contribution in [0.15, 0.2) is 59.1 Å². The van der Waals surface area contributed by atoms with E-state index in [0.717, 1.165) is 47.7 Å². The summed E-state index contributed by atoms with van der Waals surface area (Å²) >= 11 is 1.16. The van der Waals surface area contributed by atoms with Crippen molar-refractivity contribution in [1.29, 1.82) is 0 Å². The van der Waals surface area contributed by atoms with Gasteiger partial charge in [0, 0.05) is 67.7 Å². The molecule has 4 rings (SSSR count). The van der Waals surface area contributed by atoms with Gasteiger partial charge >= 0.3 is 18.0 Å². The number of thiazole rings is 1. The first-order valence-electron chi connectivity index (χ1n) is 23.6. The van der Waals surface area contributed by atoms with Crippen LogP contribution in [0.2, 0.25) is 0 Å². The van der Waals surface area contributed by atoms with Crippen LogP contribution in [0.4, 0.5) is 4.79 Å². The summed E-state index contributed by atoms with van der Waals surface area (Å²) in [7, 11) is 4.90. The molecule has 21 heteroatoms. The number of likely N-dealkylation sites (N-methyl/N-ethyl adjacent to an activating group) is 1. The van der Waals surface area contributed by atoms with E-state index in [4.69, 9.17) is 14.2 Å². The number of piperidine rings is 1. The first kappa shape index (κ1) is 56.6. The van der Waals surface area contributed by atoms with E-state index in [2.05, 4.69) is 36.4 Å². The Balaban J connectivity index is 1.45. The van der Waals surface area contributed by atoms with Crippen molar-refractivity contribution in [3.63, 3.8) is 0 Å². The van der Waals surface area contributed by atoms with E-state index in [1.165, 1.54) is 40.6 Å². The van der Waals surface area contributed by atoms with Gasteiger partial charge in [-0.2, -0.15) is 0 Å². The summed E-state index contributed by atoms with van der Waals surface area (Å²) in [6.07, 6.45) is 5.03. The highest BCUT2D eigenvalue weighted by Crippen LogP contribution is 2.32. The lowest BCUT2D eigenvalue weighted by atomic mass is 9.95. The topological polar surface area (TPSA) is 231 Å². The van der Waals surface area contributed by atoms with Crippen LogP contribution in [0.3, 0.4) is 0 Å². The number of aromatic nitrogens is 2. The highest BCUT2D eigenvalue weighted by molar-refractivity contribution is 8.76. The van der Waals surface area contributed by atoms with E-state index in [0.29, 0.717) is 36.6 Å². The Hall–Kier alpha value is -4.96. The molecule has 1 aliphatic rings. The van der Waals surface area contributed by atoms with Gasteiger partial charge in [-0.1, -0.05) is 70.0 Å². The first-order chi connectivity index (χ1) is 33.1. The van der Waals surface area contributed by atoms with Gasteiger partial charge in [-0.25, -0.2) is 20.2 Å². The number of pyridine rings is 1. The molecule has 4 amide bonds. The summed E-state index contributed by atoms with van der Waals surface area (Å²) in [6, 6.07) is 10.7. The fourth-order valence-electron chi connectivity index (χ4n) is 7.82. The van der Waals surface area contributed by atoms with Crippen LogP contribution in [-0.4, -0.2) is 124 Å². The molecule has 1 saturated heterocycles. The third-order valence-electron chi connectivity index (χ3n) is 11.6. The number of hydrazine groups is 1. The SMILES string of the molecule is CCCC(=O)OCN(C[C@H](CC)NC(=O)C1CCCCN1C)[C@H](C[C@@H](OC(C)=O)c1nc(C(=O)N[C@@H](Cc2ccc(O)cc2)C[C@H](C)C(=O)NNC(=O)OCCSSc2ccccn2)cs1)C(C)C. The smallest absolute Gasteiger partial charge is 0.426 e. The van der Waals surface area contributed by atoms with E-state index < -0.39 is 41.9 Å². The maximum Gasteiger partial charge on any atom is 0.426 e. The minimum Gasteiger partial charge on any atom is -0.508 e. The van der Waals surface area contributed by atoms with E-state index in [9.17, 15) is 33.9 Å². The summed E-state index contributed by atoms with van der Waals surface area (Å²) in [5.74, 6) is -2.10. The number of phenols is 1. The van der Waals surface area contributed by atoms with Gasteiger partial charge in [0.25, 0.3) is 5.91 Å². The zero-order valence-electron chi connectivity index (χ0n) is 40.8. The zero-order valence-corrected chi connectivity index (χ0v) is 43.2. The molecule has 3 aromatic rings. The summed E-state index contributed by atoms with van der Waals surface area (Å²) < 4.78 is 16.9. The molecule has 1 aromatic carbocycles. The lowest BCUT2D eigenvalue weighted by Gasteiger charge is -2.38. The number of ether oxygens (including phenoxy) is 3. The van der Waals surface area contributed by atoms with Crippen LogP contribution in [0, 0.1) is 11.8 Å². The van der Waals surface area contributed by atoms with Crippen molar-refractivity contribution in [3.8, 4) is 5.75 Å². The zero-order chi connectivity index (χ0) is 50.3. The standard InChI is InChI=1S/C48H70N8O10S3/c1-8-14-43(59)65-30-56(28-35(9-2)50-46(62)39-15-11-13-22-55(39)7)40(31(3)4)27-41(66-33(6)57)47-52-38(29-67-47)45(61)51-36(26-34-17-19-37(58)20-18-34)25-32(5)44(60)53-54-48(63)64-23-24-68-69-42-16-10-12-21-49-42/h10,12,16-21,29,31-32,35-36,39-41,58H,8-9,11,13-15,22-28,30H2,1-7H3,(H,50,62)(H,51,61)(H,53,60)(H,54,63)/t32-,35-,36+,39?,40+,41+/m0/s1. The van der Waals surface area contributed by atoms with E-state index in [1.54, 1.807) is 30.6 Å². The number of likely N-dealkylation sites (tertiary alicyclic amines) is 1. The van der Waals surface area contributed by atoms with Gasteiger partial charge in [0.05, 0.1) is 6.04 Å². The van der Waals surface area contributed by atoms with Gasteiger partial charge in [0.2, 0.25) is 11.8 Å². The Morgan fingerprint density at radius 2 is 1.74 bits per heavy atom. The molecular weight excluding hydrogens is 945 g/mol. The quantitative estimate of drug-likeness (QED) is 0.0132. The van der Waals surface area contributed by atoms with E-state index in [-0.39, 0.29) is 80.0 Å². The number of carbonyl (C=O) groups is 6. The van der Waals surface area contributed by atoms with Crippen molar-refractivity contribution in [2.75, 3.05) is 39.2 Å². The molecule has 0 saturated carbocycles. The van der Waals surface area contributed by atoms with Crippen molar-refractivity contribution >= 4 is 68.7 Å². The van der Waals surface area contributed by atoms with Crippen LogP contribution in [0.5, 0.6) is 5.75 Å². The molecule has 2 aromatic heterocycles. The van der Waals surface area contributed by atoms with Gasteiger partial charge < -0.3 is 30.0 Å². The van der Waals surface area contributed by atoms with Crippen molar-refractivity contribution in [2.24, 2.45) is 11.8 Å². The lowest BCUT2D eigenvalue weighted by Crippen LogP contribution is -2.54. The molecule has 18 nitrogen and oxygen atoms in total. The molecule has 5 N–H and O–H groups in total. The van der Waals surface area contributed by atoms with Crippen LogP contribution in [-0.2, 0) is 39.8 Å². The van der Waals surface area contributed by atoms with Crippen LogP contribution >= 0.6 is 32.9 Å². The third-order valence-corrected chi connectivity index (χ3v) is 14.7. The number of nitrogens with one attached hydrogen (secondary N) is 4. The maximum atomic E-state index is 14.0. The largest absolute Gasteiger partial charge is 0.508 e. The fourth-order valence-corrected chi connectivity index (χ4v) is 10.4. The number of esters is 2. The van der Waals surface area contributed by atoms with Crippen molar-refractivity contribution < 1.29 is 48.1 Å². The lowest BCUT2D eigenvalue weighted by molar-refractivity contribution is -0.152. The first-order valence-corrected chi connectivity index (χ1v) is 26.8. The van der Waals surface area contributed by atoms with Gasteiger partial charge in [-0.05, 0) is 98.7 Å². The number of amides is 4. The van der Waals surface area contributed by atoms with Crippen molar-refractivity contribution in [2.45, 2.75) is 135 Å². The molecule has 69 heavy (non-hydrogen) atoms. The number of aromatic hydroxyl groups is 1. The number of hydrogen-bond acceptors (Lipinski definition) is 17. The molecule has 380 valence electrons. The molecule has 0 aliphatic carbocycles. The number of nitrogens with zero attached hydrogens (tertiary/aromatic N) is 4. The normalized spacial score (nSPS) is 16.1.